The minimum Gasteiger partial charge on any atom is -0.365 e. The number of aryl methyl sites for hydroxylation is 2. The lowest BCUT2D eigenvalue weighted by Gasteiger charge is -2.43. The van der Waals surface area contributed by atoms with Crippen molar-refractivity contribution < 1.29 is 4.74 Å². The quantitative estimate of drug-likeness (QED) is 0.375. The van der Waals surface area contributed by atoms with Gasteiger partial charge in [0.1, 0.15) is 5.82 Å². The third-order valence-electron chi connectivity index (χ3n) is 6.92. The van der Waals surface area contributed by atoms with Gasteiger partial charge in [0.05, 0.1) is 36.3 Å². The number of fused-ring (bicyclic) bond motifs is 4. The number of ether oxygens (including phenoxy) is 1. The molecule has 0 fully saturated rings. The first-order valence-corrected chi connectivity index (χ1v) is 13.2. The van der Waals surface area contributed by atoms with E-state index in [-0.39, 0.29) is 5.60 Å². The van der Waals surface area contributed by atoms with Crippen molar-refractivity contribution in [2.45, 2.75) is 62.6 Å². The van der Waals surface area contributed by atoms with E-state index >= 15 is 0 Å². The van der Waals surface area contributed by atoms with Crippen LogP contribution in [0.3, 0.4) is 0 Å². The van der Waals surface area contributed by atoms with Crippen LogP contribution in [0.2, 0.25) is 0 Å². The van der Waals surface area contributed by atoms with E-state index in [1.165, 1.54) is 11.1 Å². The summed E-state index contributed by atoms with van der Waals surface area (Å²) in [5.74, 6) is 1.01. The molecule has 1 unspecified atom stereocenters. The van der Waals surface area contributed by atoms with Gasteiger partial charge in [-0.05, 0) is 55.2 Å². The number of anilines is 1. The molecule has 4 heterocycles. The number of benzene rings is 1. The number of hydrogen-bond acceptors (Lipinski definition) is 7. The molecule has 32 heavy (non-hydrogen) atoms. The maximum absolute atomic E-state index is 6.74. The summed E-state index contributed by atoms with van der Waals surface area (Å²) in [6, 6.07) is 6.63. The van der Waals surface area contributed by atoms with Crippen LogP contribution in [-0.2, 0) is 42.9 Å². The Kier molecular flexibility index (Phi) is 5.23. The largest absolute Gasteiger partial charge is 0.365 e. The minimum atomic E-state index is -0.299. The summed E-state index contributed by atoms with van der Waals surface area (Å²) in [5, 5.41) is 9.16. The number of nitrogens with zero attached hydrogens (tertiary/aromatic N) is 6. The molecule has 0 saturated heterocycles. The predicted molar refractivity (Wildman–Crippen MR) is 127 cm³/mol. The highest BCUT2D eigenvalue weighted by molar-refractivity contribution is 9.10. The van der Waals surface area contributed by atoms with Gasteiger partial charge in [-0.1, -0.05) is 39.0 Å². The zero-order valence-corrected chi connectivity index (χ0v) is 20.5. The third-order valence-corrected chi connectivity index (χ3v) is 7.96. The SMILES string of the molecule is CSc1nc2c(c(N3CCCn4nncc4C3)n1)COC1(CCCc3ccc(Br)cc31)C2. The highest BCUT2D eigenvalue weighted by Gasteiger charge is 2.43. The first kappa shape index (κ1) is 20.6. The van der Waals surface area contributed by atoms with E-state index in [0.29, 0.717) is 6.61 Å². The molecule has 0 N–H and O–H groups in total. The molecule has 1 aromatic carbocycles. The van der Waals surface area contributed by atoms with Crippen molar-refractivity contribution >= 4 is 33.5 Å². The van der Waals surface area contributed by atoms with Crippen molar-refractivity contribution in [3.63, 3.8) is 0 Å². The lowest BCUT2D eigenvalue weighted by atomic mass is 9.75. The maximum Gasteiger partial charge on any atom is 0.189 e. The fraction of sp³-hybridized carbons (Fsp3) is 0.478. The van der Waals surface area contributed by atoms with Gasteiger partial charge in [0.15, 0.2) is 5.16 Å². The van der Waals surface area contributed by atoms with E-state index in [9.17, 15) is 0 Å². The molecular weight excluding hydrogens is 488 g/mol. The van der Waals surface area contributed by atoms with Crippen molar-refractivity contribution in [1.82, 2.24) is 25.0 Å². The van der Waals surface area contributed by atoms with Crippen LogP contribution in [0.4, 0.5) is 5.82 Å². The van der Waals surface area contributed by atoms with Gasteiger partial charge in [0.25, 0.3) is 0 Å². The summed E-state index contributed by atoms with van der Waals surface area (Å²) in [7, 11) is 0. The summed E-state index contributed by atoms with van der Waals surface area (Å²) in [6.07, 6.45) is 9.00. The Morgan fingerprint density at radius 1 is 1.19 bits per heavy atom. The molecule has 7 nitrogen and oxygen atoms in total. The summed E-state index contributed by atoms with van der Waals surface area (Å²) < 4.78 is 9.85. The number of halogens is 1. The van der Waals surface area contributed by atoms with Crippen molar-refractivity contribution in [2.24, 2.45) is 0 Å². The zero-order valence-electron chi connectivity index (χ0n) is 18.1. The van der Waals surface area contributed by atoms with Crippen LogP contribution >= 0.6 is 27.7 Å². The molecular formula is C23H25BrN6OS. The van der Waals surface area contributed by atoms with E-state index in [2.05, 4.69) is 55.6 Å². The summed E-state index contributed by atoms with van der Waals surface area (Å²) in [5.41, 5.74) is 5.81. The minimum absolute atomic E-state index is 0.299. The van der Waals surface area contributed by atoms with Gasteiger partial charge in [-0.3, -0.25) is 0 Å². The van der Waals surface area contributed by atoms with Crippen molar-refractivity contribution in [3.05, 3.63) is 56.9 Å². The molecule has 1 aliphatic carbocycles. The Balaban J connectivity index is 1.41. The molecule has 0 bridgehead atoms. The Labute approximate surface area is 200 Å². The lowest BCUT2D eigenvalue weighted by molar-refractivity contribution is -0.0856. The average Bonchev–Trinajstić information content (AvgIpc) is 3.15. The first-order chi connectivity index (χ1) is 15.6. The van der Waals surface area contributed by atoms with Crippen molar-refractivity contribution in [2.75, 3.05) is 17.7 Å². The second kappa shape index (κ2) is 8.11. The highest BCUT2D eigenvalue weighted by atomic mass is 79.9. The van der Waals surface area contributed by atoms with Crippen LogP contribution in [0.5, 0.6) is 0 Å². The van der Waals surface area contributed by atoms with Gasteiger partial charge < -0.3 is 9.64 Å². The van der Waals surface area contributed by atoms with E-state index in [1.54, 1.807) is 11.8 Å². The first-order valence-electron chi connectivity index (χ1n) is 11.1. The molecule has 6 rings (SSSR count). The van der Waals surface area contributed by atoms with Gasteiger partial charge in [-0.15, -0.1) is 5.10 Å². The van der Waals surface area contributed by atoms with Gasteiger partial charge in [-0.2, -0.15) is 0 Å². The average molecular weight is 513 g/mol. The topological polar surface area (TPSA) is 69.0 Å². The van der Waals surface area contributed by atoms with Gasteiger partial charge in [0, 0.05) is 29.5 Å². The molecule has 0 saturated carbocycles. The van der Waals surface area contributed by atoms with Crippen LogP contribution in [-0.4, -0.2) is 37.8 Å². The monoisotopic (exact) mass is 512 g/mol. The van der Waals surface area contributed by atoms with Crippen molar-refractivity contribution in [1.29, 1.82) is 0 Å². The maximum atomic E-state index is 6.74. The molecule has 0 amide bonds. The van der Waals surface area contributed by atoms with E-state index in [4.69, 9.17) is 14.7 Å². The molecule has 3 aromatic rings. The molecule has 0 radical (unpaired) electrons. The van der Waals surface area contributed by atoms with Crippen LogP contribution in [0.25, 0.3) is 0 Å². The number of hydrogen-bond donors (Lipinski definition) is 0. The highest BCUT2D eigenvalue weighted by Crippen LogP contribution is 2.46. The number of rotatable bonds is 2. The Hall–Kier alpha value is -1.97. The lowest BCUT2D eigenvalue weighted by Crippen LogP contribution is -2.40. The third kappa shape index (κ3) is 3.45. The smallest absolute Gasteiger partial charge is 0.189 e. The van der Waals surface area contributed by atoms with E-state index < -0.39 is 0 Å². The standard InChI is InChI=1S/C23H25BrN6OS/c1-32-22-26-20-11-23(7-2-4-15-5-6-16(24)10-19(15)23)31-14-18(20)21(27-22)29-8-3-9-30-17(13-29)12-25-28-30/h5-6,10,12H,2-4,7-9,11,13-14H2,1H3. The molecule has 1 spiro atoms. The summed E-state index contributed by atoms with van der Waals surface area (Å²) >= 11 is 5.28. The van der Waals surface area contributed by atoms with Crippen LogP contribution in [0.15, 0.2) is 34.0 Å². The van der Waals surface area contributed by atoms with Crippen LogP contribution in [0.1, 0.15) is 47.3 Å². The molecule has 9 heteroatoms. The fourth-order valence-electron chi connectivity index (χ4n) is 5.35. The van der Waals surface area contributed by atoms with Gasteiger partial charge in [0.2, 0.25) is 0 Å². The Morgan fingerprint density at radius 3 is 3.03 bits per heavy atom. The zero-order chi connectivity index (χ0) is 21.7. The molecule has 3 aliphatic rings. The summed E-state index contributed by atoms with van der Waals surface area (Å²) in [6.45, 7) is 3.12. The second-order valence-electron chi connectivity index (χ2n) is 8.80. The van der Waals surface area contributed by atoms with Crippen LogP contribution in [0, 0.1) is 0 Å². The van der Waals surface area contributed by atoms with Crippen LogP contribution < -0.4 is 4.90 Å². The number of thioether (sulfide) groups is 1. The Bertz CT molecular complexity index is 1180. The predicted octanol–water partition coefficient (Wildman–Crippen LogP) is 4.27. The number of aromatic nitrogens is 5. The molecule has 2 aliphatic heterocycles. The molecule has 2 aromatic heterocycles. The Morgan fingerprint density at radius 2 is 2.12 bits per heavy atom. The fourth-order valence-corrected chi connectivity index (χ4v) is 6.09. The normalized spacial score (nSPS) is 22.2. The van der Waals surface area contributed by atoms with Gasteiger partial charge >= 0.3 is 0 Å². The van der Waals surface area contributed by atoms with E-state index in [0.717, 1.165) is 84.1 Å². The summed E-state index contributed by atoms with van der Waals surface area (Å²) in [4.78, 5) is 12.3. The molecule has 166 valence electrons. The molecule has 1 atom stereocenters. The van der Waals surface area contributed by atoms with Crippen molar-refractivity contribution in [3.8, 4) is 0 Å². The van der Waals surface area contributed by atoms with Gasteiger partial charge in [-0.25, -0.2) is 14.6 Å². The van der Waals surface area contributed by atoms with E-state index in [1.807, 2.05) is 10.9 Å². The second-order valence-corrected chi connectivity index (χ2v) is 10.5.